The van der Waals surface area contributed by atoms with Crippen LogP contribution in [0.25, 0.3) is 11.0 Å². The van der Waals surface area contributed by atoms with Gasteiger partial charge in [0.15, 0.2) is 0 Å². The number of methoxy groups -OCH3 is 1. The van der Waals surface area contributed by atoms with Crippen LogP contribution in [0.15, 0.2) is 48.8 Å². The molecule has 2 aromatic carbocycles. The van der Waals surface area contributed by atoms with Crippen LogP contribution in [0.2, 0.25) is 5.02 Å². The van der Waals surface area contributed by atoms with Crippen molar-refractivity contribution in [3.05, 3.63) is 64.9 Å². The summed E-state index contributed by atoms with van der Waals surface area (Å²) < 4.78 is 7.03. The smallest absolute Gasteiger partial charge is 0.251 e. The van der Waals surface area contributed by atoms with Crippen LogP contribution in [0.4, 0.5) is 0 Å². The third-order valence-corrected chi connectivity index (χ3v) is 4.21. The van der Waals surface area contributed by atoms with Crippen LogP contribution in [0.3, 0.4) is 0 Å². The largest absolute Gasteiger partial charge is 0.385 e. The number of amides is 1. The first-order valence-corrected chi connectivity index (χ1v) is 8.51. The van der Waals surface area contributed by atoms with Crippen molar-refractivity contribution >= 4 is 28.5 Å². The standard InChI is InChI=1S/C19H20ClN3O2/c1-25-10-2-9-21-19(24)15-5-8-18-17(11-15)22-13-23(18)12-14-3-6-16(20)7-4-14/h3-8,11,13H,2,9-10,12H2,1H3,(H,21,24). The summed E-state index contributed by atoms with van der Waals surface area (Å²) in [5.41, 5.74) is 3.55. The van der Waals surface area contributed by atoms with E-state index in [1.807, 2.05) is 42.5 Å². The number of fused-ring (bicyclic) bond motifs is 1. The molecule has 0 spiro atoms. The third kappa shape index (κ3) is 4.38. The molecule has 0 saturated carbocycles. The van der Waals surface area contributed by atoms with Gasteiger partial charge in [0.05, 0.1) is 17.4 Å². The molecule has 0 atom stereocenters. The van der Waals surface area contributed by atoms with E-state index >= 15 is 0 Å². The maximum absolute atomic E-state index is 12.2. The van der Waals surface area contributed by atoms with E-state index in [0.717, 1.165) is 28.0 Å². The second kappa shape index (κ2) is 8.14. The molecule has 130 valence electrons. The Morgan fingerprint density at radius 1 is 1.24 bits per heavy atom. The van der Waals surface area contributed by atoms with Crippen LogP contribution in [-0.2, 0) is 11.3 Å². The average Bonchev–Trinajstić information content (AvgIpc) is 3.02. The Bertz CT molecular complexity index is 859. The zero-order valence-corrected chi connectivity index (χ0v) is 14.8. The summed E-state index contributed by atoms with van der Waals surface area (Å²) >= 11 is 5.93. The van der Waals surface area contributed by atoms with E-state index in [4.69, 9.17) is 16.3 Å². The maximum Gasteiger partial charge on any atom is 0.251 e. The van der Waals surface area contributed by atoms with Gasteiger partial charge >= 0.3 is 0 Å². The second-order valence-electron chi connectivity index (χ2n) is 5.80. The number of carbonyl (C=O) groups is 1. The lowest BCUT2D eigenvalue weighted by Crippen LogP contribution is -2.25. The number of benzene rings is 2. The molecule has 3 rings (SSSR count). The van der Waals surface area contributed by atoms with E-state index in [1.165, 1.54) is 0 Å². The predicted molar refractivity (Wildman–Crippen MR) is 99.1 cm³/mol. The summed E-state index contributed by atoms with van der Waals surface area (Å²) in [6.07, 6.45) is 2.58. The Morgan fingerprint density at radius 2 is 2.04 bits per heavy atom. The number of halogens is 1. The molecule has 25 heavy (non-hydrogen) atoms. The summed E-state index contributed by atoms with van der Waals surface area (Å²) in [7, 11) is 1.65. The minimum absolute atomic E-state index is 0.0924. The Kier molecular flexibility index (Phi) is 5.68. The molecule has 0 aliphatic heterocycles. The van der Waals surface area contributed by atoms with Crippen LogP contribution >= 0.6 is 11.6 Å². The number of nitrogens with one attached hydrogen (secondary N) is 1. The number of carbonyl (C=O) groups excluding carboxylic acids is 1. The molecule has 3 aromatic rings. The molecule has 1 aromatic heterocycles. The van der Waals surface area contributed by atoms with E-state index in [2.05, 4.69) is 14.9 Å². The van der Waals surface area contributed by atoms with E-state index in [-0.39, 0.29) is 5.91 Å². The Hall–Kier alpha value is -2.37. The molecular weight excluding hydrogens is 338 g/mol. The first-order valence-electron chi connectivity index (χ1n) is 8.14. The fourth-order valence-electron chi connectivity index (χ4n) is 2.64. The first kappa shape index (κ1) is 17.5. The molecule has 0 bridgehead atoms. The molecule has 0 saturated heterocycles. The Morgan fingerprint density at radius 3 is 2.80 bits per heavy atom. The quantitative estimate of drug-likeness (QED) is 0.658. The third-order valence-electron chi connectivity index (χ3n) is 3.96. The highest BCUT2D eigenvalue weighted by Gasteiger charge is 2.09. The average molecular weight is 358 g/mol. The van der Waals surface area contributed by atoms with Crippen molar-refractivity contribution in [2.24, 2.45) is 0 Å². The van der Waals surface area contributed by atoms with Crippen molar-refractivity contribution in [3.8, 4) is 0 Å². The van der Waals surface area contributed by atoms with Crippen LogP contribution in [0.1, 0.15) is 22.3 Å². The summed E-state index contributed by atoms with van der Waals surface area (Å²) in [5, 5.41) is 3.61. The molecule has 0 aliphatic carbocycles. The lowest BCUT2D eigenvalue weighted by atomic mass is 10.1. The number of ether oxygens (including phenoxy) is 1. The van der Waals surface area contributed by atoms with Crippen molar-refractivity contribution in [1.82, 2.24) is 14.9 Å². The topological polar surface area (TPSA) is 56.1 Å². The highest BCUT2D eigenvalue weighted by atomic mass is 35.5. The van der Waals surface area contributed by atoms with Gasteiger partial charge in [-0.25, -0.2) is 4.98 Å². The van der Waals surface area contributed by atoms with Gasteiger partial charge in [0.25, 0.3) is 5.91 Å². The van der Waals surface area contributed by atoms with Crippen LogP contribution in [0, 0.1) is 0 Å². The van der Waals surface area contributed by atoms with Crippen molar-refractivity contribution in [1.29, 1.82) is 0 Å². The number of imidazole rings is 1. The zero-order valence-electron chi connectivity index (χ0n) is 14.0. The van der Waals surface area contributed by atoms with Gasteiger partial charge in [-0.3, -0.25) is 4.79 Å². The number of nitrogens with zero attached hydrogens (tertiary/aromatic N) is 2. The molecule has 1 N–H and O–H groups in total. The second-order valence-corrected chi connectivity index (χ2v) is 6.24. The fourth-order valence-corrected chi connectivity index (χ4v) is 2.76. The highest BCUT2D eigenvalue weighted by Crippen LogP contribution is 2.17. The summed E-state index contributed by atoms with van der Waals surface area (Å²) in [4.78, 5) is 16.6. The van der Waals surface area contributed by atoms with Gasteiger partial charge in [0, 0.05) is 37.4 Å². The monoisotopic (exact) mass is 357 g/mol. The zero-order chi connectivity index (χ0) is 17.6. The van der Waals surface area contributed by atoms with Crippen LogP contribution < -0.4 is 5.32 Å². The number of hydrogen-bond donors (Lipinski definition) is 1. The van der Waals surface area contributed by atoms with Crippen LogP contribution in [0.5, 0.6) is 0 Å². The highest BCUT2D eigenvalue weighted by molar-refractivity contribution is 6.30. The Labute approximate surface area is 151 Å². The van der Waals surface area contributed by atoms with E-state index < -0.39 is 0 Å². The number of rotatable bonds is 7. The molecule has 6 heteroatoms. The normalized spacial score (nSPS) is 11.0. The van der Waals surface area contributed by atoms with Crippen molar-refractivity contribution in [2.45, 2.75) is 13.0 Å². The molecule has 0 aliphatic rings. The molecule has 0 unspecified atom stereocenters. The summed E-state index contributed by atoms with van der Waals surface area (Å²) in [6, 6.07) is 13.3. The SMILES string of the molecule is COCCCNC(=O)c1ccc2c(c1)ncn2Cc1ccc(Cl)cc1. The van der Waals surface area contributed by atoms with Crippen molar-refractivity contribution in [2.75, 3.05) is 20.3 Å². The fraction of sp³-hybridized carbons (Fsp3) is 0.263. The van der Waals surface area contributed by atoms with Gasteiger partial charge < -0.3 is 14.6 Å². The molecule has 0 fully saturated rings. The summed E-state index contributed by atoms with van der Waals surface area (Å²) in [6.45, 7) is 1.93. The van der Waals surface area contributed by atoms with Gasteiger partial charge in [0.1, 0.15) is 0 Å². The lowest BCUT2D eigenvalue weighted by molar-refractivity contribution is 0.0948. The Balaban J connectivity index is 1.72. The number of aromatic nitrogens is 2. The van der Waals surface area contributed by atoms with E-state index in [0.29, 0.717) is 25.3 Å². The van der Waals surface area contributed by atoms with E-state index in [1.54, 1.807) is 13.4 Å². The van der Waals surface area contributed by atoms with Gasteiger partial charge in [-0.1, -0.05) is 23.7 Å². The van der Waals surface area contributed by atoms with Crippen molar-refractivity contribution < 1.29 is 9.53 Å². The molecular formula is C19H20ClN3O2. The lowest BCUT2D eigenvalue weighted by Gasteiger charge is -2.07. The molecule has 5 nitrogen and oxygen atoms in total. The molecule has 1 heterocycles. The van der Waals surface area contributed by atoms with Crippen molar-refractivity contribution in [3.63, 3.8) is 0 Å². The maximum atomic E-state index is 12.2. The number of hydrogen-bond acceptors (Lipinski definition) is 3. The molecule has 1 amide bonds. The minimum atomic E-state index is -0.0924. The predicted octanol–water partition coefficient (Wildman–Crippen LogP) is 3.50. The molecule has 0 radical (unpaired) electrons. The van der Waals surface area contributed by atoms with Gasteiger partial charge in [-0.2, -0.15) is 0 Å². The minimum Gasteiger partial charge on any atom is -0.385 e. The van der Waals surface area contributed by atoms with Gasteiger partial charge in [-0.05, 0) is 42.3 Å². The van der Waals surface area contributed by atoms with Gasteiger partial charge in [0.2, 0.25) is 0 Å². The van der Waals surface area contributed by atoms with Gasteiger partial charge in [-0.15, -0.1) is 0 Å². The van der Waals surface area contributed by atoms with E-state index in [9.17, 15) is 4.79 Å². The van der Waals surface area contributed by atoms with Crippen LogP contribution in [-0.4, -0.2) is 35.7 Å². The first-order chi connectivity index (χ1) is 12.2. The summed E-state index contributed by atoms with van der Waals surface area (Å²) in [5.74, 6) is -0.0924.